The van der Waals surface area contributed by atoms with Crippen molar-refractivity contribution in [1.82, 2.24) is 0 Å². The first-order chi connectivity index (χ1) is 5.21. The van der Waals surface area contributed by atoms with Gasteiger partial charge in [0.25, 0.3) is 0 Å². The van der Waals surface area contributed by atoms with Crippen LogP contribution in [0.1, 0.15) is 33.1 Å². The highest BCUT2D eigenvalue weighted by molar-refractivity contribution is 5.08. The Labute approximate surface area is 68.4 Å². The summed E-state index contributed by atoms with van der Waals surface area (Å²) in [4.78, 5) is 0. The number of epoxide rings is 1. The molecule has 0 N–H and O–H groups in total. The largest absolute Gasteiger partial charge is 0.370 e. The first-order valence-corrected chi connectivity index (χ1v) is 4.50. The molecule has 11 heavy (non-hydrogen) atoms. The maximum Gasteiger partial charge on any atom is 0.0919 e. The summed E-state index contributed by atoms with van der Waals surface area (Å²) < 4.78 is 5.44. The lowest BCUT2D eigenvalue weighted by atomic mass is 9.82. The van der Waals surface area contributed by atoms with Crippen molar-refractivity contribution in [1.29, 1.82) is 0 Å². The molecule has 2 aliphatic rings. The second kappa shape index (κ2) is 2.34. The van der Waals surface area contributed by atoms with E-state index in [0.717, 1.165) is 12.5 Å². The van der Waals surface area contributed by atoms with Crippen molar-refractivity contribution >= 4 is 0 Å². The van der Waals surface area contributed by atoms with E-state index in [1.807, 2.05) is 0 Å². The molecule has 1 nitrogen and oxygen atoms in total. The second-order valence-electron chi connectivity index (χ2n) is 4.12. The highest BCUT2D eigenvalue weighted by Crippen LogP contribution is 2.42. The average molecular weight is 152 g/mol. The molecule has 0 unspecified atom stereocenters. The topological polar surface area (TPSA) is 12.5 Å². The Balaban J connectivity index is 1.98. The van der Waals surface area contributed by atoms with Crippen LogP contribution in [-0.4, -0.2) is 12.2 Å². The Morgan fingerprint density at radius 3 is 2.82 bits per heavy atom. The SMILES string of the molecule is CC1=CC[C@H]([C@]2(C)CO2)CC1. The van der Waals surface area contributed by atoms with E-state index >= 15 is 0 Å². The summed E-state index contributed by atoms with van der Waals surface area (Å²) >= 11 is 0. The van der Waals surface area contributed by atoms with Crippen LogP contribution in [0.25, 0.3) is 0 Å². The molecule has 0 radical (unpaired) electrons. The molecule has 0 amide bonds. The van der Waals surface area contributed by atoms with Gasteiger partial charge in [-0.2, -0.15) is 0 Å². The van der Waals surface area contributed by atoms with Gasteiger partial charge in [0.2, 0.25) is 0 Å². The second-order valence-corrected chi connectivity index (χ2v) is 4.12. The highest BCUT2D eigenvalue weighted by Gasteiger charge is 2.46. The van der Waals surface area contributed by atoms with Crippen LogP contribution in [0.4, 0.5) is 0 Å². The standard InChI is InChI=1S/C10H16O/c1-8-3-5-9(6-4-8)10(2)7-11-10/h3,9H,4-7H2,1-2H3/t9-,10-/m0/s1. The molecule has 0 bridgehead atoms. The number of hydrogen-bond donors (Lipinski definition) is 0. The Kier molecular flexibility index (Phi) is 1.57. The molecule has 2 rings (SSSR count). The molecule has 1 fully saturated rings. The van der Waals surface area contributed by atoms with Crippen molar-refractivity contribution in [3.8, 4) is 0 Å². The predicted molar refractivity (Wildman–Crippen MR) is 45.5 cm³/mol. The zero-order valence-electron chi connectivity index (χ0n) is 7.39. The fourth-order valence-corrected chi connectivity index (χ4v) is 1.87. The molecular formula is C10H16O. The van der Waals surface area contributed by atoms with Gasteiger partial charge in [0, 0.05) is 0 Å². The fourth-order valence-electron chi connectivity index (χ4n) is 1.87. The molecular weight excluding hydrogens is 136 g/mol. The number of rotatable bonds is 1. The number of ether oxygens (including phenoxy) is 1. The summed E-state index contributed by atoms with van der Waals surface area (Å²) in [6, 6.07) is 0. The molecule has 1 aliphatic carbocycles. The van der Waals surface area contributed by atoms with E-state index in [0.29, 0.717) is 0 Å². The lowest BCUT2D eigenvalue weighted by Gasteiger charge is -2.23. The Morgan fingerprint density at radius 2 is 2.36 bits per heavy atom. The predicted octanol–water partition coefficient (Wildman–Crippen LogP) is 2.52. The molecule has 2 atom stereocenters. The van der Waals surface area contributed by atoms with E-state index in [1.165, 1.54) is 19.3 Å². The molecule has 1 saturated heterocycles. The smallest absolute Gasteiger partial charge is 0.0919 e. The van der Waals surface area contributed by atoms with Gasteiger partial charge in [-0.05, 0) is 39.0 Å². The van der Waals surface area contributed by atoms with Crippen LogP contribution in [-0.2, 0) is 4.74 Å². The highest BCUT2D eigenvalue weighted by atomic mass is 16.6. The average Bonchev–Trinajstić information content (AvgIpc) is 2.70. The number of hydrogen-bond acceptors (Lipinski definition) is 1. The minimum absolute atomic E-state index is 0.261. The van der Waals surface area contributed by atoms with Crippen LogP contribution in [0.3, 0.4) is 0 Å². The first kappa shape index (κ1) is 7.35. The van der Waals surface area contributed by atoms with Gasteiger partial charge in [-0.15, -0.1) is 0 Å². The zero-order valence-corrected chi connectivity index (χ0v) is 7.39. The zero-order chi connectivity index (χ0) is 7.90. The quantitative estimate of drug-likeness (QED) is 0.415. The van der Waals surface area contributed by atoms with E-state index in [1.54, 1.807) is 5.57 Å². The minimum atomic E-state index is 0.261. The summed E-state index contributed by atoms with van der Waals surface area (Å²) in [5, 5.41) is 0. The van der Waals surface area contributed by atoms with Gasteiger partial charge in [0.15, 0.2) is 0 Å². The van der Waals surface area contributed by atoms with E-state index in [9.17, 15) is 0 Å². The monoisotopic (exact) mass is 152 g/mol. The molecule has 1 heteroatoms. The summed E-state index contributed by atoms with van der Waals surface area (Å²) in [6.45, 7) is 5.46. The van der Waals surface area contributed by atoms with Crippen LogP contribution in [0, 0.1) is 5.92 Å². The normalized spacial score (nSPS) is 43.5. The van der Waals surface area contributed by atoms with E-state index in [-0.39, 0.29) is 5.60 Å². The molecule has 0 aromatic carbocycles. The first-order valence-electron chi connectivity index (χ1n) is 4.50. The van der Waals surface area contributed by atoms with Crippen LogP contribution >= 0.6 is 0 Å². The van der Waals surface area contributed by atoms with Crippen LogP contribution in [0.15, 0.2) is 11.6 Å². The molecule has 0 saturated carbocycles. The molecule has 1 aliphatic heterocycles. The van der Waals surface area contributed by atoms with Crippen molar-refractivity contribution in [3.05, 3.63) is 11.6 Å². The lowest BCUT2D eigenvalue weighted by Crippen LogP contribution is -2.22. The summed E-state index contributed by atoms with van der Waals surface area (Å²) in [7, 11) is 0. The maximum atomic E-state index is 5.44. The third kappa shape index (κ3) is 1.34. The molecule has 0 aromatic heterocycles. The van der Waals surface area contributed by atoms with Crippen molar-refractivity contribution in [2.24, 2.45) is 5.92 Å². The van der Waals surface area contributed by atoms with Gasteiger partial charge in [0.1, 0.15) is 0 Å². The van der Waals surface area contributed by atoms with Gasteiger partial charge in [0.05, 0.1) is 12.2 Å². The molecule has 1 heterocycles. The third-order valence-electron chi connectivity index (χ3n) is 3.10. The van der Waals surface area contributed by atoms with Crippen LogP contribution in [0.5, 0.6) is 0 Å². The third-order valence-corrected chi connectivity index (χ3v) is 3.10. The van der Waals surface area contributed by atoms with E-state index < -0.39 is 0 Å². The van der Waals surface area contributed by atoms with Crippen molar-refractivity contribution < 1.29 is 4.74 Å². The summed E-state index contributed by atoms with van der Waals surface area (Å²) in [5.74, 6) is 0.797. The van der Waals surface area contributed by atoms with Gasteiger partial charge in [-0.1, -0.05) is 11.6 Å². The van der Waals surface area contributed by atoms with Crippen molar-refractivity contribution in [2.75, 3.05) is 6.61 Å². The van der Waals surface area contributed by atoms with Gasteiger partial charge in [-0.25, -0.2) is 0 Å². The molecule has 0 spiro atoms. The van der Waals surface area contributed by atoms with Crippen LogP contribution < -0.4 is 0 Å². The molecule has 62 valence electrons. The Hall–Kier alpha value is -0.300. The van der Waals surface area contributed by atoms with Gasteiger partial charge < -0.3 is 4.74 Å². The minimum Gasteiger partial charge on any atom is -0.370 e. The maximum absolute atomic E-state index is 5.44. The number of allylic oxidation sites excluding steroid dienone is 2. The Bertz CT molecular complexity index is 189. The summed E-state index contributed by atoms with van der Waals surface area (Å²) in [6.07, 6.45) is 6.23. The lowest BCUT2D eigenvalue weighted by molar-refractivity contribution is 0.221. The molecule has 0 aromatic rings. The van der Waals surface area contributed by atoms with Crippen molar-refractivity contribution in [2.45, 2.75) is 38.7 Å². The van der Waals surface area contributed by atoms with Crippen LogP contribution in [0.2, 0.25) is 0 Å². The fraction of sp³-hybridized carbons (Fsp3) is 0.800. The van der Waals surface area contributed by atoms with Gasteiger partial charge in [-0.3, -0.25) is 0 Å². The van der Waals surface area contributed by atoms with E-state index in [2.05, 4.69) is 19.9 Å². The Morgan fingerprint density at radius 1 is 1.64 bits per heavy atom. The van der Waals surface area contributed by atoms with E-state index in [4.69, 9.17) is 4.74 Å². The summed E-state index contributed by atoms with van der Waals surface area (Å²) in [5.41, 5.74) is 1.82. The van der Waals surface area contributed by atoms with Gasteiger partial charge >= 0.3 is 0 Å². The van der Waals surface area contributed by atoms with Crippen molar-refractivity contribution in [3.63, 3.8) is 0 Å².